The summed E-state index contributed by atoms with van der Waals surface area (Å²) in [5.41, 5.74) is 0. The van der Waals surface area contributed by atoms with Crippen LogP contribution in [0.25, 0.3) is 0 Å². The van der Waals surface area contributed by atoms with Crippen molar-refractivity contribution in [1.82, 2.24) is 10.2 Å². The predicted octanol–water partition coefficient (Wildman–Crippen LogP) is 2.85. The van der Waals surface area contributed by atoms with Crippen LogP contribution in [0.15, 0.2) is 17.5 Å². The molecule has 0 radical (unpaired) electrons. The Balaban J connectivity index is 1.76. The fraction of sp³-hybridized carbons (Fsp3) is 0.684. The first-order chi connectivity index (χ1) is 12.1. The maximum atomic E-state index is 12.7. The minimum Gasteiger partial charge on any atom is -0.378 e. The van der Waals surface area contributed by atoms with E-state index in [1.807, 2.05) is 4.90 Å². The Kier molecular flexibility index (Phi) is 8.41. The van der Waals surface area contributed by atoms with Crippen LogP contribution in [0.3, 0.4) is 0 Å². The van der Waals surface area contributed by atoms with Gasteiger partial charge >= 0.3 is 0 Å². The molecule has 2 rings (SSSR count). The summed E-state index contributed by atoms with van der Waals surface area (Å²) in [5, 5.41) is 5.05. The molecule has 1 saturated heterocycles. The molecule has 2 amide bonds. The Morgan fingerprint density at radius 1 is 1.28 bits per heavy atom. The number of nitrogens with zero attached hydrogens (tertiary/aromatic N) is 1. The summed E-state index contributed by atoms with van der Waals surface area (Å²) in [5.74, 6) is 0.372. The Morgan fingerprint density at radius 3 is 2.68 bits per heavy atom. The molecule has 1 aliphatic rings. The average Bonchev–Trinajstić information content (AvgIpc) is 3.11. The Labute approximate surface area is 154 Å². The van der Waals surface area contributed by atoms with E-state index in [-0.39, 0.29) is 11.8 Å². The molecule has 2 heterocycles. The van der Waals surface area contributed by atoms with E-state index in [2.05, 4.69) is 36.7 Å². The summed E-state index contributed by atoms with van der Waals surface area (Å²) in [4.78, 5) is 28.2. The fourth-order valence-electron chi connectivity index (χ4n) is 3.00. The quantitative estimate of drug-likeness (QED) is 0.684. The summed E-state index contributed by atoms with van der Waals surface area (Å²) >= 11 is 1.76. The number of nitrogens with one attached hydrogen (secondary N) is 1. The van der Waals surface area contributed by atoms with Crippen LogP contribution in [0.1, 0.15) is 44.4 Å². The molecule has 25 heavy (non-hydrogen) atoms. The zero-order chi connectivity index (χ0) is 18.1. The van der Waals surface area contributed by atoms with E-state index in [4.69, 9.17) is 4.74 Å². The first kappa shape index (κ1) is 19.9. The maximum absolute atomic E-state index is 12.7. The van der Waals surface area contributed by atoms with Gasteiger partial charge < -0.3 is 15.0 Å². The van der Waals surface area contributed by atoms with Gasteiger partial charge in [-0.15, -0.1) is 11.3 Å². The lowest BCUT2D eigenvalue weighted by Gasteiger charge is -2.31. The second kappa shape index (κ2) is 10.6. The van der Waals surface area contributed by atoms with Crippen molar-refractivity contribution in [3.05, 3.63) is 22.4 Å². The number of carbonyl (C=O) groups excluding carboxylic acids is 2. The molecule has 0 spiro atoms. The molecule has 1 atom stereocenters. The molecule has 1 fully saturated rings. The van der Waals surface area contributed by atoms with Gasteiger partial charge in [0.2, 0.25) is 11.8 Å². The van der Waals surface area contributed by atoms with Crippen molar-refractivity contribution >= 4 is 23.2 Å². The van der Waals surface area contributed by atoms with Crippen LogP contribution in [0.2, 0.25) is 0 Å². The van der Waals surface area contributed by atoms with Gasteiger partial charge in [0, 0.05) is 24.4 Å². The van der Waals surface area contributed by atoms with Crippen LogP contribution in [0.4, 0.5) is 0 Å². The third-order valence-electron chi connectivity index (χ3n) is 4.32. The minimum absolute atomic E-state index is 0.0153. The topological polar surface area (TPSA) is 58.6 Å². The molecule has 1 N–H and O–H groups in total. The highest BCUT2D eigenvalue weighted by Gasteiger charge is 2.27. The molecule has 6 heteroatoms. The number of morpholine rings is 1. The van der Waals surface area contributed by atoms with Crippen molar-refractivity contribution < 1.29 is 14.3 Å². The van der Waals surface area contributed by atoms with Crippen molar-refractivity contribution in [2.45, 2.75) is 52.0 Å². The third-order valence-corrected chi connectivity index (χ3v) is 5.26. The molecule has 0 bridgehead atoms. The lowest BCUT2D eigenvalue weighted by atomic mass is 10.0. The molecule has 1 aromatic rings. The zero-order valence-electron chi connectivity index (χ0n) is 15.3. The number of thiophene rings is 1. The van der Waals surface area contributed by atoms with Crippen LogP contribution < -0.4 is 5.32 Å². The van der Waals surface area contributed by atoms with Crippen LogP contribution in [0, 0.1) is 5.92 Å². The van der Waals surface area contributed by atoms with Gasteiger partial charge in [-0.3, -0.25) is 9.59 Å². The number of hydrogen-bond donors (Lipinski definition) is 1. The number of amides is 2. The van der Waals surface area contributed by atoms with Crippen molar-refractivity contribution in [3.63, 3.8) is 0 Å². The summed E-state index contributed by atoms with van der Waals surface area (Å²) in [6.45, 7) is 6.54. The van der Waals surface area contributed by atoms with Crippen LogP contribution in [-0.4, -0.2) is 49.1 Å². The number of unbranched alkanes of at least 4 members (excludes halogenated alkanes) is 1. The predicted molar refractivity (Wildman–Crippen MR) is 101 cm³/mol. The van der Waals surface area contributed by atoms with Gasteiger partial charge in [0.15, 0.2) is 0 Å². The van der Waals surface area contributed by atoms with Crippen LogP contribution >= 0.6 is 11.3 Å². The highest BCUT2D eigenvalue weighted by atomic mass is 32.1. The standard InChI is InChI=1S/C19H30N2O3S/c1-15(2)14-17(19(23)21-9-11-24-12-10-21)20-18(22)8-4-3-6-16-7-5-13-25-16/h5,7,13,15,17H,3-4,6,8-12,14H2,1-2H3,(H,20,22)/t17-/m0/s1. The maximum Gasteiger partial charge on any atom is 0.245 e. The number of rotatable bonds is 9. The average molecular weight is 367 g/mol. The summed E-state index contributed by atoms with van der Waals surface area (Å²) in [7, 11) is 0. The lowest BCUT2D eigenvalue weighted by Crippen LogP contribution is -2.52. The summed E-state index contributed by atoms with van der Waals surface area (Å²) in [6, 6.07) is 3.77. The van der Waals surface area contributed by atoms with Gasteiger partial charge in [0.05, 0.1) is 13.2 Å². The van der Waals surface area contributed by atoms with E-state index in [1.165, 1.54) is 4.88 Å². The van der Waals surface area contributed by atoms with E-state index in [0.717, 1.165) is 19.3 Å². The van der Waals surface area contributed by atoms with Crippen LogP contribution in [-0.2, 0) is 20.7 Å². The van der Waals surface area contributed by atoms with Gasteiger partial charge in [-0.2, -0.15) is 0 Å². The molecule has 0 saturated carbocycles. The zero-order valence-corrected chi connectivity index (χ0v) is 16.1. The van der Waals surface area contributed by atoms with Gasteiger partial charge in [0.25, 0.3) is 0 Å². The molecule has 5 nitrogen and oxygen atoms in total. The van der Waals surface area contributed by atoms with Crippen LogP contribution in [0.5, 0.6) is 0 Å². The first-order valence-electron chi connectivity index (χ1n) is 9.24. The summed E-state index contributed by atoms with van der Waals surface area (Å²) in [6.07, 6.45) is 4.03. The molecule has 0 unspecified atom stereocenters. The number of aryl methyl sites for hydroxylation is 1. The van der Waals surface area contributed by atoms with E-state index in [1.54, 1.807) is 11.3 Å². The molecule has 1 aromatic heterocycles. The normalized spacial score (nSPS) is 16.0. The smallest absolute Gasteiger partial charge is 0.245 e. The van der Waals surface area contributed by atoms with E-state index in [0.29, 0.717) is 45.1 Å². The number of carbonyl (C=O) groups is 2. The Morgan fingerprint density at radius 2 is 2.04 bits per heavy atom. The SMILES string of the molecule is CC(C)C[C@H](NC(=O)CCCCc1cccs1)C(=O)N1CCOCC1. The van der Waals surface area contributed by atoms with E-state index in [9.17, 15) is 9.59 Å². The van der Waals surface area contributed by atoms with Crippen molar-refractivity contribution in [2.75, 3.05) is 26.3 Å². The molecule has 0 aliphatic carbocycles. The fourth-order valence-corrected chi connectivity index (χ4v) is 3.75. The first-order valence-corrected chi connectivity index (χ1v) is 10.1. The highest BCUT2D eigenvalue weighted by Crippen LogP contribution is 2.13. The monoisotopic (exact) mass is 366 g/mol. The second-order valence-corrected chi connectivity index (χ2v) is 8.01. The summed E-state index contributed by atoms with van der Waals surface area (Å²) < 4.78 is 5.31. The van der Waals surface area contributed by atoms with Gasteiger partial charge in [-0.25, -0.2) is 0 Å². The van der Waals surface area contributed by atoms with Gasteiger partial charge in [0.1, 0.15) is 6.04 Å². The van der Waals surface area contributed by atoms with E-state index >= 15 is 0 Å². The highest BCUT2D eigenvalue weighted by molar-refractivity contribution is 7.09. The number of ether oxygens (including phenoxy) is 1. The lowest BCUT2D eigenvalue weighted by molar-refractivity contribution is -0.140. The molecular formula is C19H30N2O3S. The third kappa shape index (κ3) is 7.16. The van der Waals surface area contributed by atoms with Gasteiger partial charge in [-0.05, 0) is 43.0 Å². The van der Waals surface area contributed by atoms with Crippen molar-refractivity contribution in [2.24, 2.45) is 5.92 Å². The van der Waals surface area contributed by atoms with E-state index < -0.39 is 6.04 Å². The molecule has 0 aromatic carbocycles. The minimum atomic E-state index is -0.414. The Bertz CT molecular complexity index is 525. The Hall–Kier alpha value is -1.40. The molecular weight excluding hydrogens is 336 g/mol. The van der Waals surface area contributed by atoms with Crippen molar-refractivity contribution in [3.8, 4) is 0 Å². The number of hydrogen-bond acceptors (Lipinski definition) is 4. The molecule has 1 aliphatic heterocycles. The second-order valence-electron chi connectivity index (χ2n) is 6.97. The van der Waals surface area contributed by atoms with Gasteiger partial charge in [-0.1, -0.05) is 19.9 Å². The largest absolute Gasteiger partial charge is 0.378 e. The molecule has 140 valence electrons. The van der Waals surface area contributed by atoms with Crippen molar-refractivity contribution in [1.29, 1.82) is 0 Å².